The first-order chi connectivity index (χ1) is 8.91. The van der Waals surface area contributed by atoms with Crippen molar-refractivity contribution in [1.82, 2.24) is 0 Å². The molecule has 2 nitrogen and oxygen atoms in total. The summed E-state index contributed by atoms with van der Waals surface area (Å²) in [5, 5.41) is 10.1. The smallest absolute Gasteiger partial charge is 0.392 e. The maximum Gasteiger partial charge on any atom is 0.416 e. The molecular formula is C14H18F3NO. The average Bonchev–Trinajstić information content (AvgIpc) is 3.13. The topological polar surface area (TPSA) is 46.2 Å². The van der Waals surface area contributed by atoms with E-state index in [0.29, 0.717) is 17.9 Å². The minimum absolute atomic E-state index is 0.148. The van der Waals surface area contributed by atoms with Crippen LogP contribution in [-0.2, 0) is 6.18 Å². The van der Waals surface area contributed by atoms with Gasteiger partial charge in [-0.05, 0) is 24.0 Å². The Balaban J connectivity index is 2.17. The number of aliphatic hydroxyl groups is 1. The molecule has 0 aliphatic heterocycles. The van der Waals surface area contributed by atoms with E-state index >= 15 is 0 Å². The lowest BCUT2D eigenvalue weighted by molar-refractivity contribution is -0.137. The van der Waals surface area contributed by atoms with Crippen LogP contribution in [0.1, 0.15) is 36.3 Å². The van der Waals surface area contributed by atoms with Crippen molar-refractivity contribution in [1.29, 1.82) is 0 Å². The van der Waals surface area contributed by atoms with E-state index in [4.69, 9.17) is 5.73 Å². The predicted molar refractivity (Wildman–Crippen MR) is 66.6 cm³/mol. The van der Waals surface area contributed by atoms with Crippen LogP contribution < -0.4 is 5.73 Å². The molecule has 1 aromatic rings. The maximum atomic E-state index is 12.7. The van der Waals surface area contributed by atoms with Crippen molar-refractivity contribution >= 4 is 0 Å². The highest BCUT2D eigenvalue weighted by molar-refractivity contribution is 5.29. The minimum atomic E-state index is -4.36. The van der Waals surface area contributed by atoms with Gasteiger partial charge in [0.1, 0.15) is 0 Å². The zero-order valence-corrected chi connectivity index (χ0v) is 10.5. The summed E-state index contributed by atoms with van der Waals surface area (Å²) in [4.78, 5) is 0. The van der Waals surface area contributed by atoms with Gasteiger partial charge in [0.05, 0.1) is 11.7 Å². The highest BCUT2D eigenvalue weighted by Crippen LogP contribution is 2.37. The van der Waals surface area contributed by atoms with Gasteiger partial charge < -0.3 is 10.8 Å². The molecule has 0 aromatic heterocycles. The first-order valence-electron chi connectivity index (χ1n) is 6.47. The van der Waals surface area contributed by atoms with Gasteiger partial charge in [-0.15, -0.1) is 0 Å². The van der Waals surface area contributed by atoms with Crippen LogP contribution in [0.4, 0.5) is 13.2 Å². The van der Waals surface area contributed by atoms with Crippen LogP contribution in [0.3, 0.4) is 0 Å². The van der Waals surface area contributed by atoms with Gasteiger partial charge in [0.15, 0.2) is 0 Å². The molecule has 0 saturated heterocycles. The quantitative estimate of drug-likeness (QED) is 0.866. The summed E-state index contributed by atoms with van der Waals surface area (Å²) in [5.74, 6) is 0.0812. The third kappa shape index (κ3) is 3.70. The number of halogens is 3. The fourth-order valence-corrected chi connectivity index (χ4v) is 2.32. The Hall–Kier alpha value is -1.07. The summed E-state index contributed by atoms with van der Waals surface area (Å²) in [6.45, 7) is 0.148. The van der Waals surface area contributed by atoms with Crippen molar-refractivity contribution in [3.63, 3.8) is 0 Å². The molecule has 0 bridgehead atoms. The van der Waals surface area contributed by atoms with Crippen LogP contribution in [-0.4, -0.2) is 17.8 Å². The molecule has 2 unspecified atom stereocenters. The lowest BCUT2D eigenvalue weighted by atomic mass is 9.89. The van der Waals surface area contributed by atoms with Crippen LogP contribution in [0, 0.1) is 5.92 Å². The molecule has 2 atom stereocenters. The van der Waals surface area contributed by atoms with E-state index < -0.39 is 23.8 Å². The fourth-order valence-electron chi connectivity index (χ4n) is 2.32. The SMILES string of the molecule is NCC(c1cccc(C(F)(F)F)c1)C(O)CC1CC1. The van der Waals surface area contributed by atoms with E-state index in [0.717, 1.165) is 25.0 Å². The van der Waals surface area contributed by atoms with Crippen molar-refractivity contribution < 1.29 is 18.3 Å². The molecule has 0 heterocycles. The second kappa shape index (κ2) is 5.51. The van der Waals surface area contributed by atoms with Gasteiger partial charge in [-0.2, -0.15) is 13.2 Å². The normalized spacial score (nSPS) is 19.2. The molecule has 106 valence electrons. The first-order valence-corrected chi connectivity index (χ1v) is 6.47. The average molecular weight is 273 g/mol. The van der Waals surface area contributed by atoms with Gasteiger partial charge in [0.2, 0.25) is 0 Å². The molecule has 3 N–H and O–H groups in total. The van der Waals surface area contributed by atoms with Crippen LogP contribution in [0.15, 0.2) is 24.3 Å². The number of hydrogen-bond acceptors (Lipinski definition) is 2. The van der Waals surface area contributed by atoms with Gasteiger partial charge in [0, 0.05) is 12.5 Å². The Morgan fingerprint density at radius 1 is 1.32 bits per heavy atom. The molecule has 1 aromatic carbocycles. The van der Waals surface area contributed by atoms with E-state index in [2.05, 4.69) is 0 Å². The Labute approximate surface area is 110 Å². The zero-order chi connectivity index (χ0) is 14.0. The van der Waals surface area contributed by atoms with Crippen molar-refractivity contribution in [2.24, 2.45) is 11.7 Å². The maximum absolute atomic E-state index is 12.7. The van der Waals surface area contributed by atoms with Gasteiger partial charge in [-0.25, -0.2) is 0 Å². The van der Waals surface area contributed by atoms with Crippen LogP contribution >= 0.6 is 0 Å². The van der Waals surface area contributed by atoms with Crippen molar-refractivity contribution in [3.05, 3.63) is 35.4 Å². The highest BCUT2D eigenvalue weighted by Gasteiger charge is 2.33. The molecule has 2 rings (SSSR count). The molecule has 0 spiro atoms. The van der Waals surface area contributed by atoms with Crippen LogP contribution in [0.25, 0.3) is 0 Å². The first kappa shape index (κ1) is 14.3. The summed E-state index contributed by atoms with van der Waals surface area (Å²) in [7, 11) is 0. The predicted octanol–water partition coefficient (Wildman–Crippen LogP) is 2.91. The lowest BCUT2D eigenvalue weighted by Gasteiger charge is -2.22. The summed E-state index contributed by atoms with van der Waals surface area (Å²) >= 11 is 0. The van der Waals surface area contributed by atoms with E-state index in [1.165, 1.54) is 6.07 Å². The van der Waals surface area contributed by atoms with Crippen molar-refractivity contribution in [3.8, 4) is 0 Å². The van der Waals surface area contributed by atoms with Gasteiger partial charge in [-0.3, -0.25) is 0 Å². The number of aliphatic hydroxyl groups excluding tert-OH is 1. The minimum Gasteiger partial charge on any atom is -0.392 e. The van der Waals surface area contributed by atoms with E-state index in [1.807, 2.05) is 0 Å². The summed E-state index contributed by atoms with van der Waals surface area (Å²) in [6, 6.07) is 5.09. The molecule has 1 aliphatic carbocycles. The van der Waals surface area contributed by atoms with Crippen LogP contribution in [0.5, 0.6) is 0 Å². The van der Waals surface area contributed by atoms with E-state index in [-0.39, 0.29) is 6.54 Å². The summed E-state index contributed by atoms with van der Waals surface area (Å²) in [5.41, 5.74) is 5.39. The monoisotopic (exact) mass is 273 g/mol. The second-order valence-corrected chi connectivity index (χ2v) is 5.21. The molecule has 5 heteroatoms. The molecule has 0 radical (unpaired) electrons. The number of rotatable bonds is 5. The third-order valence-electron chi connectivity index (χ3n) is 3.63. The number of hydrogen-bond donors (Lipinski definition) is 2. The Kier molecular flexibility index (Phi) is 4.16. The zero-order valence-electron chi connectivity index (χ0n) is 10.5. The van der Waals surface area contributed by atoms with Gasteiger partial charge >= 0.3 is 6.18 Å². The molecule has 19 heavy (non-hydrogen) atoms. The van der Waals surface area contributed by atoms with E-state index in [9.17, 15) is 18.3 Å². The second-order valence-electron chi connectivity index (χ2n) is 5.21. The Morgan fingerprint density at radius 2 is 2.00 bits per heavy atom. The van der Waals surface area contributed by atoms with Gasteiger partial charge in [0.25, 0.3) is 0 Å². The van der Waals surface area contributed by atoms with Crippen molar-refractivity contribution in [2.75, 3.05) is 6.54 Å². The molecule has 1 fully saturated rings. The molecular weight excluding hydrogens is 255 g/mol. The Morgan fingerprint density at radius 3 is 2.53 bits per heavy atom. The fraction of sp³-hybridized carbons (Fsp3) is 0.571. The highest BCUT2D eigenvalue weighted by atomic mass is 19.4. The summed E-state index contributed by atoms with van der Waals surface area (Å²) in [6.07, 6.45) is -2.22. The number of alkyl halides is 3. The molecule has 0 amide bonds. The number of nitrogens with two attached hydrogens (primary N) is 1. The largest absolute Gasteiger partial charge is 0.416 e. The third-order valence-corrected chi connectivity index (χ3v) is 3.63. The summed E-state index contributed by atoms with van der Waals surface area (Å²) < 4.78 is 38.0. The number of benzene rings is 1. The van der Waals surface area contributed by atoms with Crippen LogP contribution in [0.2, 0.25) is 0 Å². The van der Waals surface area contributed by atoms with Crippen molar-refractivity contribution in [2.45, 2.75) is 37.5 Å². The van der Waals surface area contributed by atoms with Gasteiger partial charge in [-0.1, -0.05) is 31.0 Å². The lowest BCUT2D eigenvalue weighted by Crippen LogP contribution is -2.26. The molecule has 1 aliphatic rings. The standard InChI is InChI=1S/C14H18F3NO/c15-14(16,17)11-3-1-2-10(7-11)12(8-18)13(19)6-9-4-5-9/h1-3,7,9,12-13,19H,4-6,8,18H2. The Bertz CT molecular complexity index is 429. The molecule has 1 saturated carbocycles. The van der Waals surface area contributed by atoms with E-state index in [1.54, 1.807) is 6.07 Å².